The van der Waals surface area contributed by atoms with Crippen LogP contribution in [0.5, 0.6) is 0 Å². The number of thioether (sulfide) groups is 1. The average molecular weight is 353 g/mol. The van der Waals surface area contributed by atoms with Crippen LogP contribution in [0.3, 0.4) is 0 Å². The van der Waals surface area contributed by atoms with E-state index >= 15 is 0 Å². The smallest absolute Gasteiger partial charge is 0.322 e. The Hall–Kier alpha value is -1.64. The van der Waals surface area contributed by atoms with Crippen LogP contribution in [-0.4, -0.2) is 63.3 Å². The molecule has 0 unspecified atom stereocenters. The normalized spacial score (nSPS) is 15.5. The Morgan fingerprint density at radius 1 is 1.30 bits per heavy atom. The molecule has 0 radical (unpaired) electrons. The molecule has 6 nitrogen and oxygen atoms in total. The van der Waals surface area contributed by atoms with Gasteiger partial charge in [-0.1, -0.05) is 54.3 Å². The van der Waals surface area contributed by atoms with Gasteiger partial charge < -0.3 is 15.3 Å². The second kappa shape index (κ2) is 8.85. The fourth-order valence-electron chi connectivity index (χ4n) is 2.18. The van der Waals surface area contributed by atoms with Gasteiger partial charge in [0.05, 0.1) is 19.1 Å². The van der Waals surface area contributed by atoms with Gasteiger partial charge in [0.1, 0.15) is 10.9 Å². The van der Waals surface area contributed by atoms with Crippen molar-refractivity contribution in [3.63, 3.8) is 0 Å². The van der Waals surface area contributed by atoms with Crippen molar-refractivity contribution in [2.24, 2.45) is 0 Å². The SMILES string of the molecule is O=C(O)CNC(=O)CN1CSC(=S)N(CCc2ccccc2)C1. The van der Waals surface area contributed by atoms with Gasteiger partial charge in [0.15, 0.2) is 0 Å². The molecule has 1 aromatic carbocycles. The third kappa shape index (κ3) is 6.17. The zero-order chi connectivity index (χ0) is 16.7. The molecule has 1 aromatic rings. The molecule has 1 heterocycles. The topological polar surface area (TPSA) is 72.9 Å². The Kier molecular flexibility index (Phi) is 6.82. The van der Waals surface area contributed by atoms with Crippen molar-refractivity contribution in [3.8, 4) is 0 Å². The van der Waals surface area contributed by atoms with Gasteiger partial charge in [0.2, 0.25) is 5.91 Å². The van der Waals surface area contributed by atoms with Crippen molar-refractivity contribution in [1.82, 2.24) is 15.1 Å². The van der Waals surface area contributed by atoms with Crippen LogP contribution in [0.25, 0.3) is 0 Å². The predicted molar refractivity (Wildman–Crippen MR) is 94.1 cm³/mol. The summed E-state index contributed by atoms with van der Waals surface area (Å²) in [5.41, 5.74) is 1.25. The van der Waals surface area contributed by atoms with Crippen LogP contribution in [0.4, 0.5) is 0 Å². The van der Waals surface area contributed by atoms with E-state index in [0.29, 0.717) is 12.5 Å². The fraction of sp³-hybridized carbons (Fsp3) is 0.400. The molecule has 2 N–H and O–H groups in total. The number of nitrogens with zero attached hydrogens (tertiary/aromatic N) is 2. The first-order chi connectivity index (χ1) is 11.0. The summed E-state index contributed by atoms with van der Waals surface area (Å²) in [5, 5.41) is 10.9. The third-order valence-corrected chi connectivity index (χ3v) is 4.93. The summed E-state index contributed by atoms with van der Waals surface area (Å²) in [6.07, 6.45) is 0.889. The molecule has 2 rings (SSSR count). The monoisotopic (exact) mass is 353 g/mol. The Labute approximate surface area is 144 Å². The summed E-state index contributed by atoms with van der Waals surface area (Å²) < 4.78 is 0.836. The minimum absolute atomic E-state index is 0.171. The van der Waals surface area contributed by atoms with E-state index in [-0.39, 0.29) is 19.0 Å². The predicted octanol–water partition coefficient (Wildman–Crippen LogP) is 0.981. The highest BCUT2D eigenvalue weighted by molar-refractivity contribution is 8.22. The number of carboxylic acids is 1. The average Bonchev–Trinajstić information content (AvgIpc) is 2.54. The number of thiocarbonyl (C=S) groups is 1. The maximum atomic E-state index is 11.7. The van der Waals surface area contributed by atoms with E-state index in [0.717, 1.165) is 17.3 Å². The van der Waals surface area contributed by atoms with Crippen LogP contribution in [-0.2, 0) is 16.0 Å². The van der Waals surface area contributed by atoms with Crippen molar-refractivity contribution >= 4 is 40.2 Å². The molecule has 0 spiro atoms. The molecule has 1 aliphatic rings. The molecule has 124 valence electrons. The van der Waals surface area contributed by atoms with E-state index < -0.39 is 5.97 Å². The lowest BCUT2D eigenvalue weighted by Gasteiger charge is -2.36. The first-order valence-corrected chi connectivity index (χ1v) is 8.60. The second-order valence-electron chi connectivity index (χ2n) is 5.18. The summed E-state index contributed by atoms with van der Waals surface area (Å²) in [6, 6.07) is 10.2. The molecule has 0 aromatic heterocycles. The van der Waals surface area contributed by atoms with E-state index in [2.05, 4.69) is 22.3 Å². The van der Waals surface area contributed by atoms with Crippen LogP contribution in [0.15, 0.2) is 30.3 Å². The Bertz CT molecular complexity index is 568. The standard InChI is InChI=1S/C15H19N3O3S2/c19-13(16-8-14(20)21)9-17-10-18(15(22)23-11-17)7-6-12-4-2-1-3-5-12/h1-5H,6-11H2,(H,16,19)(H,20,21). The van der Waals surface area contributed by atoms with Crippen LogP contribution in [0, 0.1) is 0 Å². The number of hydrogen-bond donors (Lipinski definition) is 2. The summed E-state index contributed by atoms with van der Waals surface area (Å²) in [7, 11) is 0. The first kappa shape index (κ1) is 17.7. The molecule has 0 bridgehead atoms. The van der Waals surface area contributed by atoms with Gasteiger partial charge >= 0.3 is 5.97 Å². The van der Waals surface area contributed by atoms with E-state index in [1.165, 1.54) is 17.3 Å². The van der Waals surface area contributed by atoms with Gasteiger partial charge in [0, 0.05) is 6.54 Å². The lowest BCUT2D eigenvalue weighted by atomic mass is 10.1. The number of carboxylic acid groups (broad SMARTS) is 1. The number of nitrogens with one attached hydrogen (secondary N) is 1. The molecule has 1 aliphatic heterocycles. The lowest BCUT2D eigenvalue weighted by Crippen LogP contribution is -2.49. The van der Waals surface area contributed by atoms with Crippen molar-refractivity contribution in [2.45, 2.75) is 6.42 Å². The maximum Gasteiger partial charge on any atom is 0.322 e. The Morgan fingerprint density at radius 2 is 2.04 bits per heavy atom. The summed E-state index contributed by atoms with van der Waals surface area (Å²) in [5.74, 6) is -0.692. The van der Waals surface area contributed by atoms with Gasteiger partial charge in [-0.05, 0) is 12.0 Å². The lowest BCUT2D eigenvalue weighted by molar-refractivity contribution is -0.138. The van der Waals surface area contributed by atoms with Crippen LogP contribution >= 0.6 is 24.0 Å². The number of aliphatic carboxylic acids is 1. The van der Waals surface area contributed by atoms with Gasteiger partial charge in [0.25, 0.3) is 0 Å². The number of carbonyl (C=O) groups is 2. The Balaban J connectivity index is 1.80. The largest absolute Gasteiger partial charge is 0.480 e. The maximum absolute atomic E-state index is 11.7. The zero-order valence-corrected chi connectivity index (χ0v) is 14.2. The molecule has 8 heteroatoms. The molecule has 23 heavy (non-hydrogen) atoms. The highest BCUT2D eigenvalue weighted by Crippen LogP contribution is 2.18. The first-order valence-electron chi connectivity index (χ1n) is 7.21. The molecule has 0 aliphatic carbocycles. The molecule has 0 atom stereocenters. The summed E-state index contributed by atoms with van der Waals surface area (Å²) >= 11 is 6.90. The number of hydrogen-bond acceptors (Lipinski definition) is 5. The Morgan fingerprint density at radius 3 is 2.74 bits per heavy atom. The van der Waals surface area contributed by atoms with E-state index in [1.807, 2.05) is 23.1 Å². The van der Waals surface area contributed by atoms with Gasteiger partial charge in [-0.3, -0.25) is 14.5 Å². The van der Waals surface area contributed by atoms with Gasteiger partial charge in [-0.15, -0.1) is 0 Å². The van der Waals surface area contributed by atoms with Gasteiger partial charge in [-0.2, -0.15) is 0 Å². The summed E-state index contributed by atoms with van der Waals surface area (Å²) in [4.78, 5) is 26.2. The number of carbonyl (C=O) groups excluding carboxylic acids is 1. The molecule has 1 fully saturated rings. The van der Waals surface area contributed by atoms with Gasteiger partial charge in [-0.25, -0.2) is 0 Å². The van der Waals surface area contributed by atoms with E-state index in [1.54, 1.807) is 0 Å². The fourth-order valence-corrected chi connectivity index (χ4v) is 3.28. The quantitative estimate of drug-likeness (QED) is 0.708. The van der Waals surface area contributed by atoms with Crippen LogP contribution in [0.1, 0.15) is 5.56 Å². The minimum Gasteiger partial charge on any atom is -0.480 e. The molecule has 0 saturated carbocycles. The van der Waals surface area contributed by atoms with Crippen LogP contribution < -0.4 is 5.32 Å². The number of rotatable bonds is 7. The molecule has 1 saturated heterocycles. The number of benzene rings is 1. The van der Waals surface area contributed by atoms with Crippen molar-refractivity contribution < 1.29 is 14.7 Å². The van der Waals surface area contributed by atoms with E-state index in [4.69, 9.17) is 17.3 Å². The minimum atomic E-state index is -1.04. The highest BCUT2D eigenvalue weighted by atomic mass is 32.2. The van der Waals surface area contributed by atoms with Crippen LogP contribution in [0.2, 0.25) is 0 Å². The zero-order valence-electron chi connectivity index (χ0n) is 12.6. The van der Waals surface area contributed by atoms with Crippen molar-refractivity contribution in [1.29, 1.82) is 0 Å². The summed E-state index contributed by atoms with van der Waals surface area (Å²) in [6.45, 7) is 1.20. The highest BCUT2D eigenvalue weighted by Gasteiger charge is 2.23. The molecule has 1 amide bonds. The van der Waals surface area contributed by atoms with Crippen molar-refractivity contribution in [3.05, 3.63) is 35.9 Å². The second-order valence-corrected chi connectivity index (χ2v) is 6.76. The van der Waals surface area contributed by atoms with E-state index in [9.17, 15) is 9.59 Å². The number of amides is 1. The third-order valence-electron chi connectivity index (χ3n) is 3.32. The molecular formula is C15H19N3O3S2. The van der Waals surface area contributed by atoms with Crippen molar-refractivity contribution in [2.75, 3.05) is 32.2 Å². The molecular weight excluding hydrogens is 334 g/mol.